The van der Waals surface area contributed by atoms with Gasteiger partial charge in [-0.1, -0.05) is 50.3 Å². The molecule has 0 aromatic heterocycles. The van der Waals surface area contributed by atoms with E-state index >= 15 is 0 Å². The lowest BCUT2D eigenvalue weighted by molar-refractivity contribution is 0.0953. The van der Waals surface area contributed by atoms with E-state index in [2.05, 4.69) is 12.2 Å². The van der Waals surface area contributed by atoms with Crippen molar-refractivity contribution in [2.75, 3.05) is 6.54 Å². The number of hydrogen-bond acceptors (Lipinski definition) is 1. The lowest BCUT2D eigenvalue weighted by Crippen LogP contribution is -2.24. The van der Waals surface area contributed by atoms with Crippen LogP contribution in [0.3, 0.4) is 0 Å². The second-order valence-electron chi connectivity index (χ2n) is 4.54. The zero-order valence-corrected chi connectivity index (χ0v) is 11.0. The van der Waals surface area contributed by atoms with Gasteiger partial charge in [0, 0.05) is 12.1 Å². The van der Waals surface area contributed by atoms with Crippen LogP contribution in [-0.4, -0.2) is 12.5 Å². The summed E-state index contributed by atoms with van der Waals surface area (Å²) in [5.41, 5.74) is 1.94. The largest absolute Gasteiger partial charge is 0.352 e. The minimum Gasteiger partial charge on any atom is -0.352 e. The van der Waals surface area contributed by atoms with Gasteiger partial charge < -0.3 is 5.32 Å². The lowest BCUT2D eigenvalue weighted by Gasteiger charge is -2.05. The van der Waals surface area contributed by atoms with E-state index in [0.29, 0.717) is 0 Å². The minimum absolute atomic E-state index is 0.0421. The van der Waals surface area contributed by atoms with Gasteiger partial charge in [-0.05, 0) is 25.5 Å². The molecule has 0 unspecified atom stereocenters. The second kappa shape index (κ2) is 7.88. The van der Waals surface area contributed by atoms with Crippen LogP contribution in [0.2, 0.25) is 0 Å². The molecule has 94 valence electrons. The van der Waals surface area contributed by atoms with Crippen molar-refractivity contribution in [3.8, 4) is 0 Å². The minimum atomic E-state index is 0.0421. The molecule has 0 spiro atoms. The summed E-state index contributed by atoms with van der Waals surface area (Å²) in [7, 11) is 0. The molecule has 1 aromatic carbocycles. The molecule has 0 aliphatic heterocycles. The van der Waals surface area contributed by atoms with Gasteiger partial charge in [-0.15, -0.1) is 0 Å². The van der Waals surface area contributed by atoms with Gasteiger partial charge in [-0.2, -0.15) is 0 Å². The average Bonchev–Trinajstić information content (AvgIpc) is 2.34. The molecule has 0 saturated heterocycles. The van der Waals surface area contributed by atoms with Gasteiger partial charge in [0.2, 0.25) is 0 Å². The quantitative estimate of drug-likeness (QED) is 0.715. The van der Waals surface area contributed by atoms with E-state index in [4.69, 9.17) is 0 Å². The Kier molecular flexibility index (Phi) is 6.38. The topological polar surface area (TPSA) is 29.1 Å². The highest BCUT2D eigenvalue weighted by atomic mass is 16.1. The van der Waals surface area contributed by atoms with Gasteiger partial charge in [0.05, 0.1) is 0 Å². The Morgan fingerprint density at radius 1 is 1.06 bits per heavy atom. The molecule has 1 rings (SSSR count). The Hall–Kier alpha value is -1.31. The Morgan fingerprint density at radius 2 is 1.71 bits per heavy atom. The Labute approximate surface area is 104 Å². The number of carbonyl (C=O) groups is 1. The van der Waals surface area contributed by atoms with Crippen molar-refractivity contribution in [3.05, 3.63) is 35.4 Å². The van der Waals surface area contributed by atoms with Gasteiger partial charge in [0.25, 0.3) is 5.91 Å². The van der Waals surface area contributed by atoms with Crippen LogP contribution < -0.4 is 5.32 Å². The molecule has 0 heterocycles. The van der Waals surface area contributed by atoms with Gasteiger partial charge in [-0.25, -0.2) is 0 Å². The van der Waals surface area contributed by atoms with Gasteiger partial charge in [-0.3, -0.25) is 4.79 Å². The van der Waals surface area contributed by atoms with Crippen LogP contribution in [0.25, 0.3) is 0 Å². The average molecular weight is 233 g/mol. The summed E-state index contributed by atoms with van der Waals surface area (Å²) in [6.45, 7) is 5.02. The van der Waals surface area contributed by atoms with Crippen molar-refractivity contribution in [3.63, 3.8) is 0 Å². The maximum absolute atomic E-state index is 11.7. The smallest absolute Gasteiger partial charge is 0.251 e. The number of carbonyl (C=O) groups excluding carboxylic acids is 1. The van der Waals surface area contributed by atoms with Crippen molar-refractivity contribution >= 4 is 5.91 Å². The van der Waals surface area contributed by atoms with Crippen LogP contribution in [0.4, 0.5) is 0 Å². The SMILES string of the molecule is CCCCCCCNC(=O)c1ccc(C)cc1. The molecule has 0 atom stereocenters. The number of hydrogen-bond donors (Lipinski definition) is 1. The first-order valence-electron chi connectivity index (χ1n) is 6.59. The summed E-state index contributed by atoms with van der Waals surface area (Å²) in [6.07, 6.45) is 6.12. The fraction of sp³-hybridized carbons (Fsp3) is 0.533. The van der Waals surface area contributed by atoms with E-state index < -0.39 is 0 Å². The van der Waals surface area contributed by atoms with Crippen LogP contribution in [-0.2, 0) is 0 Å². The van der Waals surface area contributed by atoms with Gasteiger partial charge in [0.15, 0.2) is 0 Å². The number of rotatable bonds is 7. The van der Waals surface area contributed by atoms with Crippen LogP contribution in [0.5, 0.6) is 0 Å². The molecular formula is C15H23NO. The molecular weight excluding hydrogens is 210 g/mol. The van der Waals surface area contributed by atoms with E-state index in [1.165, 1.54) is 31.2 Å². The molecule has 0 aliphatic rings. The third-order valence-corrected chi connectivity index (χ3v) is 2.88. The summed E-state index contributed by atoms with van der Waals surface area (Å²) in [6, 6.07) is 7.69. The Bertz CT molecular complexity index is 329. The highest BCUT2D eigenvalue weighted by Crippen LogP contribution is 2.04. The maximum Gasteiger partial charge on any atom is 0.251 e. The first kappa shape index (κ1) is 13.8. The van der Waals surface area contributed by atoms with Crippen molar-refractivity contribution in [1.29, 1.82) is 0 Å². The van der Waals surface area contributed by atoms with E-state index in [1.54, 1.807) is 0 Å². The lowest BCUT2D eigenvalue weighted by atomic mass is 10.1. The second-order valence-corrected chi connectivity index (χ2v) is 4.54. The van der Waals surface area contributed by atoms with Crippen LogP contribution in [0.15, 0.2) is 24.3 Å². The monoisotopic (exact) mass is 233 g/mol. The molecule has 0 fully saturated rings. The summed E-state index contributed by atoms with van der Waals surface area (Å²) in [4.78, 5) is 11.7. The molecule has 0 radical (unpaired) electrons. The molecule has 0 bridgehead atoms. The van der Waals surface area contributed by atoms with Crippen LogP contribution in [0, 0.1) is 6.92 Å². The summed E-state index contributed by atoms with van der Waals surface area (Å²) < 4.78 is 0. The molecule has 17 heavy (non-hydrogen) atoms. The van der Waals surface area contributed by atoms with Crippen LogP contribution >= 0.6 is 0 Å². The Balaban J connectivity index is 2.19. The fourth-order valence-corrected chi connectivity index (χ4v) is 1.74. The van der Waals surface area contributed by atoms with Crippen molar-refractivity contribution in [2.24, 2.45) is 0 Å². The third kappa shape index (κ3) is 5.53. The molecule has 1 N–H and O–H groups in total. The zero-order chi connectivity index (χ0) is 12.5. The number of nitrogens with one attached hydrogen (secondary N) is 1. The number of aryl methyl sites for hydroxylation is 1. The van der Waals surface area contributed by atoms with E-state index in [9.17, 15) is 4.79 Å². The highest BCUT2D eigenvalue weighted by Gasteiger charge is 2.03. The van der Waals surface area contributed by atoms with Gasteiger partial charge in [0.1, 0.15) is 0 Å². The number of unbranched alkanes of at least 4 members (excludes halogenated alkanes) is 4. The molecule has 0 saturated carbocycles. The van der Waals surface area contributed by atoms with E-state index in [-0.39, 0.29) is 5.91 Å². The van der Waals surface area contributed by atoms with E-state index in [1.807, 2.05) is 31.2 Å². The van der Waals surface area contributed by atoms with Crippen molar-refractivity contribution in [1.82, 2.24) is 5.32 Å². The highest BCUT2D eigenvalue weighted by molar-refractivity contribution is 5.94. The van der Waals surface area contributed by atoms with Crippen LogP contribution in [0.1, 0.15) is 54.9 Å². The van der Waals surface area contributed by atoms with Gasteiger partial charge >= 0.3 is 0 Å². The Morgan fingerprint density at radius 3 is 2.35 bits per heavy atom. The summed E-state index contributed by atoms with van der Waals surface area (Å²) in [5, 5.41) is 2.96. The van der Waals surface area contributed by atoms with Crippen molar-refractivity contribution < 1.29 is 4.79 Å². The predicted molar refractivity (Wildman–Crippen MR) is 72.3 cm³/mol. The first-order chi connectivity index (χ1) is 8.24. The normalized spacial score (nSPS) is 10.2. The molecule has 0 aliphatic carbocycles. The van der Waals surface area contributed by atoms with E-state index in [0.717, 1.165) is 18.5 Å². The predicted octanol–water partition coefficient (Wildman–Crippen LogP) is 3.70. The molecule has 1 amide bonds. The summed E-state index contributed by atoms with van der Waals surface area (Å²) >= 11 is 0. The maximum atomic E-state index is 11.7. The third-order valence-electron chi connectivity index (χ3n) is 2.88. The number of amides is 1. The fourth-order valence-electron chi connectivity index (χ4n) is 1.74. The standard InChI is InChI=1S/C15H23NO/c1-3-4-5-6-7-12-16-15(17)14-10-8-13(2)9-11-14/h8-11H,3-7,12H2,1-2H3,(H,16,17). The molecule has 2 nitrogen and oxygen atoms in total. The molecule has 1 aromatic rings. The summed E-state index contributed by atoms with van der Waals surface area (Å²) in [5.74, 6) is 0.0421. The molecule has 2 heteroatoms. The first-order valence-corrected chi connectivity index (χ1v) is 6.59. The zero-order valence-electron chi connectivity index (χ0n) is 11.0. The number of benzene rings is 1. The van der Waals surface area contributed by atoms with Crippen molar-refractivity contribution in [2.45, 2.75) is 46.0 Å².